The Balaban J connectivity index is 2.05. The Bertz CT molecular complexity index is 566. The van der Waals surface area contributed by atoms with Crippen molar-refractivity contribution >= 4 is 23.4 Å². The van der Waals surface area contributed by atoms with E-state index in [2.05, 4.69) is 31.1 Å². The lowest BCUT2D eigenvalue weighted by molar-refractivity contribution is -0.135. The van der Waals surface area contributed by atoms with Crippen LogP contribution < -0.4 is 5.32 Å². The Labute approximate surface area is 149 Å². The predicted molar refractivity (Wildman–Crippen MR) is 96.2 cm³/mol. The number of hydrogen-bond donors (Lipinski definition) is 1. The average molecular weight is 352 g/mol. The van der Waals surface area contributed by atoms with Gasteiger partial charge in [-0.1, -0.05) is 25.4 Å². The number of carbonyl (C=O) groups excluding carboxylic acids is 2. The van der Waals surface area contributed by atoms with E-state index in [1.807, 2.05) is 4.90 Å². The molecule has 1 heterocycles. The van der Waals surface area contributed by atoms with Crippen molar-refractivity contribution in [3.63, 3.8) is 0 Å². The van der Waals surface area contributed by atoms with Crippen molar-refractivity contribution in [2.75, 3.05) is 33.2 Å². The average Bonchev–Trinajstić information content (AvgIpc) is 2.54. The van der Waals surface area contributed by atoms with Crippen LogP contribution in [0.5, 0.6) is 0 Å². The van der Waals surface area contributed by atoms with Crippen molar-refractivity contribution in [2.24, 2.45) is 5.92 Å². The number of piperazine rings is 1. The molecule has 1 aliphatic rings. The summed E-state index contributed by atoms with van der Waals surface area (Å²) in [5.74, 6) is 0.0934. The van der Waals surface area contributed by atoms with Gasteiger partial charge in [0.15, 0.2) is 0 Å². The molecule has 0 radical (unpaired) electrons. The molecule has 0 unspecified atom stereocenters. The van der Waals surface area contributed by atoms with Crippen LogP contribution in [0.15, 0.2) is 24.3 Å². The van der Waals surface area contributed by atoms with E-state index in [1.165, 1.54) is 0 Å². The second kappa shape index (κ2) is 8.49. The fraction of sp³-hybridized carbons (Fsp3) is 0.556. The summed E-state index contributed by atoms with van der Waals surface area (Å²) in [6.45, 7) is 7.26. The van der Waals surface area contributed by atoms with Gasteiger partial charge < -0.3 is 15.1 Å². The molecule has 1 aromatic rings. The minimum atomic E-state index is -0.489. The molecule has 2 rings (SSSR count). The summed E-state index contributed by atoms with van der Waals surface area (Å²) >= 11 is 5.86. The SMILES string of the molecule is CC(C)C[C@H](NC(=O)c1ccc(Cl)cc1)C(=O)N1CCN(C)CC1. The maximum atomic E-state index is 12.8. The lowest BCUT2D eigenvalue weighted by Crippen LogP contribution is -2.54. The van der Waals surface area contributed by atoms with Crippen molar-refractivity contribution in [3.8, 4) is 0 Å². The molecule has 1 fully saturated rings. The van der Waals surface area contributed by atoms with Crippen LogP contribution in [-0.2, 0) is 4.79 Å². The Morgan fingerprint density at radius 2 is 1.71 bits per heavy atom. The molecule has 0 aromatic heterocycles. The van der Waals surface area contributed by atoms with E-state index >= 15 is 0 Å². The number of nitrogens with one attached hydrogen (secondary N) is 1. The monoisotopic (exact) mass is 351 g/mol. The highest BCUT2D eigenvalue weighted by Gasteiger charge is 2.28. The molecular formula is C18H26ClN3O2. The highest BCUT2D eigenvalue weighted by molar-refractivity contribution is 6.30. The van der Waals surface area contributed by atoms with Gasteiger partial charge in [-0.25, -0.2) is 0 Å². The second-order valence-electron chi connectivity index (χ2n) is 6.79. The zero-order valence-corrected chi connectivity index (χ0v) is 15.3. The summed E-state index contributed by atoms with van der Waals surface area (Å²) in [5.41, 5.74) is 0.513. The van der Waals surface area contributed by atoms with Crippen LogP contribution >= 0.6 is 11.6 Å². The van der Waals surface area contributed by atoms with Gasteiger partial charge in [0.05, 0.1) is 0 Å². The maximum absolute atomic E-state index is 12.8. The molecule has 1 atom stereocenters. The first-order chi connectivity index (χ1) is 11.4. The molecule has 2 amide bonds. The highest BCUT2D eigenvalue weighted by Crippen LogP contribution is 2.13. The van der Waals surface area contributed by atoms with E-state index in [0.29, 0.717) is 36.0 Å². The van der Waals surface area contributed by atoms with Gasteiger partial charge in [-0.15, -0.1) is 0 Å². The zero-order chi connectivity index (χ0) is 17.7. The standard InChI is InChI=1S/C18H26ClN3O2/c1-13(2)12-16(18(24)22-10-8-21(3)9-11-22)20-17(23)14-4-6-15(19)7-5-14/h4-7,13,16H,8-12H2,1-3H3,(H,20,23)/t16-/m0/s1. The van der Waals surface area contributed by atoms with E-state index in [-0.39, 0.29) is 11.8 Å². The summed E-state index contributed by atoms with van der Waals surface area (Å²) in [6.07, 6.45) is 0.629. The molecule has 1 aliphatic heterocycles. The van der Waals surface area contributed by atoms with Gasteiger partial charge in [0.25, 0.3) is 5.91 Å². The summed E-state index contributed by atoms with van der Waals surface area (Å²) in [5, 5.41) is 3.49. The molecule has 1 N–H and O–H groups in total. The third kappa shape index (κ3) is 5.21. The molecular weight excluding hydrogens is 326 g/mol. The zero-order valence-electron chi connectivity index (χ0n) is 14.6. The minimum Gasteiger partial charge on any atom is -0.340 e. The molecule has 0 saturated carbocycles. The van der Waals surface area contributed by atoms with Gasteiger partial charge in [-0.05, 0) is 43.7 Å². The van der Waals surface area contributed by atoms with E-state index in [1.54, 1.807) is 24.3 Å². The number of halogens is 1. The molecule has 1 saturated heterocycles. The molecule has 24 heavy (non-hydrogen) atoms. The molecule has 5 nitrogen and oxygen atoms in total. The first-order valence-electron chi connectivity index (χ1n) is 8.40. The van der Waals surface area contributed by atoms with Crippen LogP contribution in [0.3, 0.4) is 0 Å². The summed E-state index contributed by atoms with van der Waals surface area (Å²) in [6, 6.07) is 6.21. The molecule has 132 valence electrons. The molecule has 0 spiro atoms. The van der Waals surface area contributed by atoms with Crippen molar-refractivity contribution in [1.82, 2.24) is 15.1 Å². The molecule has 0 bridgehead atoms. The lowest BCUT2D eigenvalue weighted by atomic mass is 10.0. The number of benzene rings is 1. The van der Waals surface area contributed by atoms with Crippen molar-refractivity contribution in [3.05, 3.63) is 34.9 Å². The Kier molecular flexibility index (Phi) is 6.63. The molecule has 0 aliphatic carbocycles. The van der Waals surface area contributed by atoms with Crippen molar-refractivity contribution in [2.45, 2.75) is 26.3 Å². The first-order valence-corrected chi connectivity index (χ1v) is 8.78. The van der Waals surface area contributed by atoms with Crippen LogP contribution in [0.4, 0.5) is 0 Å². The first kappa shape index (κ1) is 18.7. The summed E-state index contributed by atoms with van der Waals surface area (Å²) in [4.78, 5) is 29.3. The largest absolute Gasteiger partial charge is 0.340 e. The minimum absolute atomic E-state index is 0.0131. The van der Waals surface area contributed by atoms with E-state index < -0.39 is 6.04 Å². The van der Waals surface area contributed by atoms with E-state index in [0.717, 1.165) is 13.1 Å². The van der Waals surface area contributed by atoms with Crippen molar-refractivity contribution in [1.29, 1.82) is 0 Å². The van der Waals surface area contributed by atoms with Crippen molar-refractivity contribution < 1.29 is 9.59 Å². The number of likely N-dealkylation sites (N-methyl/N-ethyl adjacent to an activating group) is 1. The topological polar surface area (TPSA) is 52.7 Å². The van der Waals surface area contributed by atoms with Crippen LogP contribution in [0.1, 0.15) is 30.6 Å². The summed E-state index contributed by atoms with van der Waals surface area (Å²) in [7, 11) is 2.05. The van der Waals surface area contributed by atoms with Crippen LogP contribution in [0.2, 0.25) is 5.02 Å². The number of carbonyl (C=O) groups is 2. The van der Waals surface area contributed by atoms with Gasteiger partial charge in [-0.3, -0.25) is 9.59 Å². The van der Waals surface area contributed by atoms with Gasteiger partial charge in [0, 0.05) is 36.8 Å². The quantitative estimate of drug-likeness (QED) is 0.885. The Morgan fingerprint density at radius 3 is 2.25 bits per heavy atom. The van der Waals surface area contributed by atoms with Gasteiger partial charge >= 0.3 is 0 Å². The summed E-state index contributed by atoms with van der Waals surface area (Å²) < 4.78 is 0. The van der Waals surface area contributed by atoms with E-state index in [9.17, 15) is 9.59 Å². The number of nitrogens with zero attached hydrogens (tertiary/aromatic N) is 2. The van der Waals surface area contributed by atoms with E-state index in [4.69, 9.17) is 11.6 Å². The smallest absolute Gasteiger partial charge is 0.251 e. The normalized spacial score (nSPS) is 17.0. The predicted octanol–water partition coefficient (Wildman–Crippen LogP) is 2.26. The van der Waals surface area contributed by atoms with Crippen LogP contribution in [0, 0.1) is 5.92 Å². The number of hydrogen-bond acceptors (Lipinski definition) is 3. The molecule has 1 aromatic carbocycles. The molecule has 6 heteroatoms. The van der Waals surface area contributed by atoms with Crippen LogP contribution in [-0.4, -0.2) is 60.9 Å². The Morgan fingerprint density at radius 1 is 1.12 bits per heavy atom. The van der Waals surface area contributed by atoms with Crippen LogP contribution in [0.25, 0.3) is 0 Å². The second-order valence-corrected chi connectivity index (χ2v) is 7.23. The number of rotatable bonds is 5. The van der Waals surface area contributed by atoms with Gasteiger partial charge in [0.2, 0.25) is 5.91 Å². The third-order valence-electron chi connectivity index (χ3n) is 4.23. The van der Waals surface area contributed by atoms with Gasteiger partial charge in [0.1, 0.15) is 6.04 Å². The third-order valence-corrected chi connectivity index (χ3v) is 4.48. The highest BCUT2D eigenvalue weighted by atomic mass is 35.5. The number of amides is 2. The fourth-order valence-electron chi connectivity index (χ4n) is 2.78. The lowest BCUT2D eigenvalue weighted by Gasteiger charge is -2.35. The fourth-order valence-corrected chi connectivity index (χ4v) is 2.91. The van der Waals surface area contributed by atoms with Gasteiger partial charge in [-0.2, -0.15) is 0 Å². The Hall–Kier alpha value is -1.59. The maximum Gasteiger partial charge on any atom is 0.251 e.